The second-order valence-corrected chi connectivity index (χ2v) is 5.83. The Morgan fingerprint density at radius 2 is 2.27 bits per heavy atom. The predicted octanol–water partition coefficient (Wildman–Crippen LogP) is 2.51. The highest BCUT2D eigenvalue weighted by molar-refractivity contribution is 7.11. The molecule has 0 bridgehead atoms. The molecule has 1 heterocycles. The van der Waals surface area contributed by atoms with Gasteiger partial charge in [-0.2, -0.15) is 0 Å². The summed E-state index contributed by atoms with van der Waals surface area (Å²) in [6.07, 6.45) is 5.41. The van der Waals surface area contributed by atoms with Crippen LogP contribution in [0.5, 0.6) is 0 Å². The minimum atomic E-state index is 0.693. The fourth-order valence-electron chi connectivity index (χ4n) is 2.26. The van der Waals surface area contributed by atoms with Crippen molar-refractivity contribution in [3.63, 3.8) is 0 Å². The predicted molar refractivity (Wildman–Crippen MR) is 62.9 cm³/mol. The van der Waals surface area contributed by atoms with Gasteiger partial charge in [-0.15, -0.1) is 21.5 Å². The van der Waals surface area contributed by atoms with E-state index in [1.807, 2.05) is 6.92 Å². The first-order valence-electron chi connectivity index (χ1n) is 5.76. The van der Waals surface area contributed by atoms with Gasteiger partial charge in [0, 0.05) is 12.6 Å². The highest BCUT2D eigenvalue weighted by Crippen LogP contribution is 2.23. The molecule has 1 aliphatic rings. The lowest BCUT2D eigenvalue weighted by Gasteiger charge is -2.27. The van der Waals surface area contributed by atoms with E-state index in [4.69, 9.17) is 0 Å². The third-order valence-electron chi connectivity index (χ3n) is 3.05. The molecule has 3 nitrogen and oxygen atoms in total. The van der Waals surface area contributed by atoms with Crippen molar-refractivity contribution in [3.8, 4) is 0 Å². The fraction of sp³-hybridized carbons (Fsp3) is 0.818. The molecule has 2 unspecified atom stereocenters. The average Bonchev–Trinajstić information content (AvgIpc) is 2.62. The summed E-state index contributed by atoms with van der Waals surface area (Å²) < 4.78 is 0. The molecule has 0 radical (unpaired) electrons. The molecule has 15 heavy (non-hydrogen) atoms. The van der Waals surface area contributed by atoms with Gasteiger partial charge < -0.3 is 5.32 Å². The molecule has 1 saturated carbocycles. The van der Waals surface area contributed by atoms with Gasteiger partial charge in [0.05, 0.1) is 0 Å². The van der Waals surface area contributed by atoms with Crippen molar-refractivity contribution < 1.29 is 0 Å². The van der Waals surface area contributed by atoms with E-state index in [1.54, 1.807) is 11.3 Å². The molecular formula is C11H19N3S. The number of aryl methyl sites for hydroxylation is 1. The van der Waals surface area contributed by atoms with Gasteiger partial charge in [-0.05, 0) is 25.7 Å². The molecule has 4 heteroatoms. The first-order valence-corrected chi connectivity index (χ1v) is 6.58. The summed E-state index contributed by atoms with van der Waals surface area (Å²) in [7, 11) is 0. The van der Waals surface area contributed by atoms with Gasteiger partial charge in [-0.3, -0.25) is 0 Å². The molecule has 1 aliphatic carbocycles. The van der Waals surface area contributed by atoms with Gasteiger partial charge in [-0.1, -0.05) is 19.8 Å². The Morgan fingerprint density at radius 1 is 1.40 bits per heavy atom. The Kier molecular flexibility index (Phi) is 3.70. The second kappa shape index (κ2) is 5.03. The molecule has 0 aliphatic heterocycles. The smallest absolute Gasteiger partial charge is 0.131 e. The van der Waals surface area contributed by atoms with Crippen LogP contribution >= 0.6 is 11.3 Å². The van der Waals surface area contributed by atoms with Gasteiger partial charge in [0.2, 0.25) is 0 Å². The summed E-state index contributed by atoms with van der Waals surface area (Å²) in [5, 5.41) is 13.9. The topological polar surface area (TPSA) is 37.8 Å². The van der Waals surface area contributed by atoms with Crippen LogP contribution in [0, 0.1) is 12.8 Å². The van der Waals surface area contributed by atoms with E-state index in [0.717, 1.165) is 22.5 Å². The van der Waals surface area contributed by atoms with E-state index in [1.165, 1.54) is 25.7 Å². The normalized spacial score (nSPS) is 26.8. The van der Waals surface area contributed by atoms with E-state index in [0.29, 0.717) is 6.04 Å². The number of aromatic nitrogens is 2. The third kappa shape index (κ3) is 3.24. The van der Waals surface area contributed by atoms with Crippen LogP contribution in [0.2, 0.25) is 0 Å². The monoisotopic (exact) mass is 225 g/mol. The Labute approximate surface area is 95.3 Å². The lowest BCUT2D eigenvalue weighted by Crippen LogP contribution is -2.33. The van der Waals surface area contributed by atoms with E-state index in [9.17, 15) is 0 Å². The molecule has 0 spiro atoms. The molecular weight excluding hydrogens is 206 g/mol. The minimum Gasteiger partial charge on any atom is -0.308 e. The standard InChI is InChI=1S/C11H19N3S/c1-8-4-3-5-10(6-8)12-7-11-14-13-9(2)15-11/h8,10,12H,3-7H2,1-2H3. The van der Waals surface area contributed by atoms with Crippen LogP contribution < -0.4 is 5.32 Å². The van der Waals surface area contributed by atoms with Crippen LogP contribution in [-0.2, 0) is 6.54 Å². The quantitative estimate of drug-likeness (QED) is 0.859. The summed E-state index contributed by atoms with van der Waals surface area (Å²) in [6, 6.07) is 0.693. The van der Waals surface area contributed by atoms with Crippen molar-refractivity contribution in [1.82, 2.24) is 15.5 Å². The van der Waals surface area contributed by atoms with Gasteiger partial charge in [0.15, 0.2) is 0 Å². The van der Waals surface area contributed by atoms with Crippen LogP contribution in [0.15, 0.2) is 0 Å². The number of hydrogen-bond acceptors (Lipinski definition) is 4. The number of nitrogens with zero attached hydrogens (tertiary/aromatic N) is 2. The molecule has 0 aromatic carbocycles. The number of hydrogen-bond donors (Lipinski definition) is 1. The van der Waals surface area contributed by atoms with Crippen LogP contribution in [0.25, 0.3) is 0 Å². The highest BCUT2D eigenvalue weighted by Gasteiger charge is 2.18. The SMILES string of the molecule is Cc1nnc(CNC2CCCC(C)C2)s1. The molecule has 1 aromatic rings. The van der Waals surface area contributed by atoms with Crippen molar-refractivity contribution >= 4 is 11.3 Å². The molecule has 1 N–H and O–H groups in total. The summed E-state index contributed by atoms with van der Waals surface area (Å²) in [5.41, 5.74) is 0. The molecule has 2 atom stereocenters. The van der Waals surface area contributed by atoms with Crippen LogP contribution in [0.4, 0.5) is 0 Å². The van der Waals surface area contributed by atoms with E-state index < -0.39 is 0 Å². The Hall–Kier alpha value is -0.480. The molecule has 1 aromatic heterocycles. The van der Waals surface area contributed by atoms with Gasteiger partial charge in [-0.25, -0.2) is 0 Å². The van der Waals surface area contributed by atoms with Gasteiger partial charge >= 0.3 is 0 Å². The zero-order chi connectivity index (χ0) is 10.7. The van der Waals surface area contributed by atoms with Crippen LogP contribution in [0.1, 0.15) is 42.6 Å². The highest BCUT2D eigenvalue weighted by atomic mass is 32.1. The van der Waals surface area contributed by atoms with Crippen molar-refractivity contribution in [2.45, 2.75) is 52.1 Å². The molecule has 84 valence electrons. The summed E-state index contributed by atoms with van der Waals surface area (Å²) in [4.78, 5) is 0. The largest absolute Gasteiger partial charge is 0.308 e. The Morgan fingerprint density at radius 3 is 2.93 bits per heavy atom. The Balaban J connectivity index is 1.77. The number of rotatable bonds is 3. The summed E-state index contributed by atoms with van der Waals surface area (Å²) >= 11 is 1.69. The molecule has 0 saturated heterocycles. The van der Waals surface area contributed by atoms with E-state index in [-0.39, 0.29) is 0 Å². The average molecular weight is 225 g/mol. The first kappa shape index (κ1) is 11.0. The lowest BCUT2D eigenvalue weighted by molar-refractivity contribution is 0.300. The fourth-order valence-corrected chi connectivity index (χ4v) is 2.92. The van der Waals surface area contributed by atoms with Crippen molar-refractivity contribution in [2.75, 3.05) is 0 Å². The van der Waals surface area contributed by atoms with E-state index >= 15 is 0 Å². The molecule has 2 rings (SSSR count). The summed E-state index contributed by atoms with van der Waals surface area (Å²) in [5.74, 6) is 0.882. The van der Waals surface area contributed by atoms with Crippen molar-refractivity contribution in [2.24, 2.45) is 5.92 Å². The molecule has 0 amide bonds. The second-order valence-electron chi connectivity index (χ2n) is 4.56. The van der Waals surface area contributed by atoms with Gasteiger partial charge in [0.1, 0.15) is 10.0 Å². The van der Waals surface area contributed by atoms with Crippen LogP contribution in [-0.4, -0.2) is 16.2 Å². The van der Waals surface area contributed by atoms with Crippen molar-refractivity contribution in [1.29, 1.82) is 0 Å². The first-order chi connectivity index (χ1) is 7.24. The van der Waals surface area contributed by atoms with E-state index in [2.05, 4.69) is 22.4 Å². The summed E-state index contributed by atoms with van der Waals surface area (Å²) in [6.45, 7) is 5.25. The zero-order valence-electron chi connectivity index (χ0n) is 9.49. The maximum atomic E-state index is 4.13. The van der Waals surface area contributed by atoms with Gasteiger partial charge in [0.25, 0.3) is 0 Å². The maximum absolute atomic E-state index is 4.13. The van der Waals surface area contributed by atoms with Crippen LogP contribution in [0.3, 0.4) is 0 Å². The maximum Gasteiger partial charge on any atom is 0.131 e. The lowest BCUT2D eigenvalue weighted by atomic mass is 9.87. The third-order valence-corrected chi connectivity index (χ3v) is 3.88. The zero-order valence-corrected chi connectivity index (χ0v) is 10.3. The Bertz CT molecular complexity index is 311. The molecule has 1 fully saturated rings. The minimum absolute atomic E-state index is 0.693. The number of nitrogens with one attached hydrogen (secondary N) is 1. The van der Waals surface area contributed by atoms with Crippen molar-refractivity contribution in [3.05, 3.63) is 10.0 Å².